The Morgan fingerprint density at radius 1 is 1.39 bits per heavy atom. The molecule has 0 radical (unpaired) electrons. The van der Waals surface area contributed by atoms with Gasteiger partial charge in [0.1, 0.15) is 5.82 Å². The van der Waals surface area contributed by atoms with Gasteiger partial charge in [-0.2, -0.15) is 0 Å². The average molecular weight is 250 g/mol. The number of likely N-dealkylation sites (tertiary alicyclic amines) is 1. The third-order valence-electron chi connectivity index (χ3n) is 3.54. The molecule has 1 heterocycles. The summed E-state index contributed by atoms with van der Waals surface area (Å²) >= 11 is 0. The van der Waals surface area contributed by atoms with Crippen molar-refractivity contribution in [1.82, 2.24) is 10.2 Å². The molecule has 18 heavy (non-hydrogen) atoms. The average Bonchev–Trinajstić information content (AvgIpc) is 2.77. The summed E-state index contributed by atoms with van der Waals surface area (Å²) in [6.45, 7) is 8.32. The normalized spacial score (nSPS) is 20.8. The van der Waals surface area contributed by atoms with Crippen LogP contribution < -0.4 is 5.32 Å². The van der Waals surface area contributed by atoms with Crippen LogP contribution in [0.5, 0.6) is 0 Å². The van der Waals surface area contributed by atoms with Crippen LogP contribution in [-0.2, 0) is 6.54 Å². The van der Waals surface area contributed by atoms with Gasteiger partial charge >= 0.3 is 0 Å². The van der Waals surface area contributed by atoms with Crippen LogP contribution in [0.4, 0.5) is 4.39 Å². The second kappa shape index (κ2) is 6.30. The largest absolute Gasteiger partial charge is 0.314 e. The van der Waals surface area contributed by atoms with Crippen LogP contribution in [-0.4, -0.2) is 30.6 Å². The summed E-state index contributed by atoms with van der Waals surface area (Å²) in [4.78, 5) is 2.35. The van der Waals surface area contributed by atoms with E-state index in [9.17, 15) is 4.39 Å². The fourth-order valence-corrected chi connectivity index (χ4v) is 2.49. The number of rotatable bonds is 5. The van der Waals surface area contributed by atoms with Gasteiger partial charge in [0, 0.05) is 24.7 Å². The Balaban J connectivity index is 1.81. The van der Waals surface area contributed by atoms with Crippen molar-refractivity contribution in [1.29, 1.82) is 0 Å². The van der Waals surface area contributed by atoms with Crippen molar-refractivity contribution in [2.75, 3.05) is 19.6 Å². The van der Waals surface area contributed by atoms with Crippen molar-refractivity contribution in [3.63, 3.8) is 0 Å². The first-order valence-electron chi connectivity index (χ1n) is 6.84. The summed E-state index contributed by atoms with van der Waals surface area (Å²) in [6, 6.07) is 7.63. The Morgan fingerprint density at radius 2 is 2.17 bits per heavy atom. The number of halogens is 1. The molecule has 1 aliphatic rings. The molecule has 0 amide bonds. The van der Waals surface area contributed by atoms with Gasteiger partial charge in [-0.15, -0.1) is 0 Å². The van der Waals surface area contributed by atoms with E-state index in [1.54, 1.807) is 12.1 Å². The lowest BCUT2D eigenvalue weighted by Crippen LogP contribution is -2.30. The molecule has 0 spiro atoms. The van der Waals surface area contributed by atoms with Crippen molar-refractivity contribution in [2.24, 2.45) is 5.92 Å². The Labute approximate surface area is 109 Å². The van der Waals surface area contributed by atoms with Gasteiger partial charge in [0.2, 0.25) is 0 Å². The predicted molar refractivity (Wildman–Crippen MR) is 72.9 cm³/mol. The van der Waals surface area contributed by atoms with Crippen LogP contribution in [0.1, 0.15) is 25.8 Å². The molecule has 2 rings (SSSR count). The highest BCUT2D eigenvalue weighted by Gasteiger charge is 2.22. The second-order valence-corrected chi connectivity index (χ2v) is 5.54. The molecule has 0 bridgehead atoms. The Hall–Kier alpha value is -0.930. The van der Waals surface area contributed by atoms with E-state index in [0.29, 0.717) is 12.0 Å². The maximum atomic E-state index is 13.6. The van der Waals surface area contributed by atoms with E-state index in [2.05, 4.69) is 24.1 Å². The summed E-state index contributed by atoms with van der Waals surface area (Å²) in [5, 5.41) is 3.48. The molecule has 1 aliphatic heterocycles. The standard InChI is InChI=1S/C15H23FN2/c1-12(2)17-9-13-7-8-18(10-13)11-14-5-3-4-6-15(14)16/h3-6,12-13,17H,7-11H2,1-2H3. The Morgan fingerprint density at radius 3 is 2.89 bits per heavy atom. The van der Waals surface area contributed by atoms with E-state index >= 15 is 0 Å². The zero-order valence-corrected chi connectivity index (χ0v) is 11.3. The van der Waals surface area contributed by atoms with Crippen LogP contribution in [0.3, 0.4) is 0 Å². The molecule has 3 heteroatoms. The molecule has 1 N–H and O–H groups in total. The topological polar surface area (TPSA) is 15.3 Å². The monoisotopic (exact) mass is 250 g/mol. The number of nitrogens with zero attached hydrogens (tertiary/aromatic N) is 1. The van der Waals surface area contributed by atoms with Crippen LogP contribution in [0.15, 0.2) is 24.3 Å². The third-order valence-corrected chi connectivity index (χ3v) is 3.54. The van der Waals surface area contributed by atoms with Crippen LogP contribution in [0.25, 0.3) is 0 Å². The molecule has 1 atom stereocenters. The van der Waals surface area contributed by atoms with Crippen molar-refractivity contribution in [2.45, 2.75) is 32.9 Å². The molecule has 1 fully saturated rings. The van der Waals surface area contributed by atoms with E-state index < -0.39 is 0 Å². The molecular formula is C15H23FN2. The lowest BCUT2D eigenvalue weighted by molar-refractivity contribution is 0.308. The van der Waals surface area contributed by atoms with Gasteiger partial charge in [-0.25, -0.2) is 4.39 Å². The van der Waals surface area contributed by atoms with Gasteiger partial charge in [0.05, 0.1) is 0 Å². The van der Waals surface area contributed by atoms with Crippen molar-refractivity contribution in [3.05, 3.63) is 35.6 Å². The minimum Gasteiger partial charge on any atom is -0.314 e. The Bertz CT molecular complexity index is 379. The van der Waals surface area contributed by atoms with E-state index in [0.717, 1.165) is 31.7 Å². The second-order valence-electron chi connectivity index (χ2n) is 5.54. The van der Waals surface area contributed by atoms with Gasteiger partial charge in [-0.1, -0.05) is 32.0 Å². The Kier molecular flexibility index (Phi) is 4.72. The number of benzene rings is 1. The highest BCUT2D eigenvalue weighted by molar-refractivity contribution is 5.17. The van der Waals surface area contributed by atoms with Crippen molar-refractivity contribution >= 4 is 0 Å². The lowest BCUT2D eigenvalue weighted by Gasteiger charge is -2.17. The van der Waals surface area contributed by atoms with E-state index in [-0.39, 0.29) is 5.82 Å². The number of hydrogen-bond donors (Lipinski definition) is 1. The quantitative estimate of drug-likeness (QED) is 0.864. The van der Waals surface area contributed by atoms with Gasteiger partial charge in [0.25, 0.3) is 0 Å². The zero-order valence-electron chi connectivity index (χ0n) is 11.3. The van der Waals surface area contributed by atoms with E-state index in [1.807, 2.05) is 12.1 Å². The molecule has 1 aromatic carbocycles. The molecule has 0 saturated carbocycles. The predicted octanol–water partition coefficient (Wildman–Crippen LogP) is 2.65. The van der Waals surface area contributed by atoms with Crippen molar-refractivity contribution < 1.29 is 4.39 Å². The smallest absolute Gasteiger partial charge is 0.127 e. The molecule has 0 aromatic heterocycles. The fraction of sp³-hybridized carbons (Fsp3) is 0.600. The highest BCUT2D eigenvalue weighted by Crippen LogP contribution is 2.19. The molecule has 1 saturated heterocycles. The first-order valence-corrected chi connectivity index (χ1v) is 6.84. The van der Waals surface area contributed by atoms with Crippen molar-refractivity contribution in [3.8, 4) is 0 Å². The van der Waals surface area contributed by atoms with Gasteiger partial charge in [0.15, 0.2) is 0 Å². The maximum Gasteiger partial charge on any atom is 0.127 e. The minimum atomic E-state index is -0.0822. The van der Waals surface area contributed by atoms with E-state index in [4.69, 9.17) is 0 Å². The SMILES string of the molecule is CC(C)NCC1CCN(Cc2ccccc2F)C1. The van der Waals surface area contributed by atoms with Crippen LogP contribution >= 0.6 is 0 Å². The molecule has 0 aliphatic carbocycles. The third kappa shape index (κ3) is 3.79. The zero-order chi connectivity index (χ0) is 13.0. The number of nitrogens with one attached hydrogen (secondary N) is 1. The highest BCUT2D eigenvalue weighted by atomic mass is 19.1. The number of hydrogen-bond acceptors (Lipinski definition) is 2. The molecular weight excluding hydrogens is 227 g/mol. The summed E-state index contributed by atoms with van der Waals surface area (Å²) in [5.41, 5.74) is 0.815. The summed E-state index contributed by atoms with van der Waals surface area (Å²) in [6.07, 6.45) is 1.22. The maximum absolute atomic E-state index is 13.6. The minimum absolute atomic E-state index is 0.0822. The van der Waals surface area contributed by atoms with Gasteiger partial charge < -0.3 is 5.32 Å². The van der Waals surface area contributed by atoms with Gasteiger partial charge in [-0.3, -0.25) is 4.90 Å². The summed E-state index contributed by atoms with van der Waals surface area (Å²) in [7, 11) is 0. The molecule has 2 nitrogen and oxygen atoms in total. The van der Waals surface area contributed by atoms with Crippen LogP contribution in [0.2, 0.25) is 0 Å². The molecule has 1 aromatic rings. The first kappa shape index (κ1) is 13.5. The fourth-order valence-electron chi connectivity index (χ4n) is 2.49. The first-order chi connectivity index (χ1) is 8.65. The van der Waals surface area contributed by atoms with Crippen LogP contribution in [0, 0.1) is 11.7 Å². The van der Waals surface area contributed by atoms with E-state index in [1.165, 1.54) is 6.42 Å². The summed E-state index contributed by atoms with van der Waals surface area (Å²) in [5.74, 6) is 0.625. The van der Waals surface area contributed by atoms with Gasteiger partial charge in [-0.05, 0) is 31.5 Å². The lowest BCUT2D eigenvalue weighted by atomic mass is 10.1. The molecule has 1 unspecified atom stereocenters. The summed E-state index contributed by atoms with van der Waals surface area (Å²) < 4.78 is 13.6. The molecule has 100 valence electrons.